The fraction of sp³-hybridized carbons (Fsp3) is 0.143. The van der Waals surface area contributed by atoms with Gasteiger partial charge in [-0.15, -0.1) is 11.3 Å². The van der Waals surface area contributed by atoms with Gasteiger partial charge in [-0.1, -0.05) is 36.4 Å². The van der Waals surface area contributed by atoms with Crippen molar-refractivity contribution in [3.05, 3.63) is 58.3 Å². The minimum atomic E-state index is -0.155. The van der Waals surface area contributed by atoms with E-state index in [-0.39, 0.29) is 5.91 Å². The summed E-state index contributed by atoms with van der Waals surface area (Å²) < 4.78 is 0. The third kappa shape index (κ3) is 3.53. The van der Waals surface area contributed by atoms with Crippen molar-refractivity contribution in [1.82, 2.24) is 5.43 Å². The molecule has 0 fully saturated rings. The summed E-state index contributed by atoms with van der Waals surface area (Å²) in [5.41, 5.74) is 4.63. The van der Waals surface area contributed by atoms with Crippen LogP contribution in [0.25, 0.3) is 0 Å². The van der Waals surface area contributed by atoms with Crippen LogP contribution in [-0.2, 0) is 6.42 Å². The van der Waals surface area contributed by atoms with E-state index in [9.17, 15) is 4.79 Å². The van der Waals surface area contributed by atoms with Crippen molar-refractivity contribution < 1.29 is 4.79 Å². The van der Waals surface area contributed by atoms with E-state index in [2.05, 4.69) is 10.5 Å². The molecule has 2 rings (SSSR count). The van der Waals surface area contributed by atoms with Crippen LogP contribution in [0.3, 0.4) is 0 Å². The van der Waals surface area contributed by atoms with E-state index >= 15 is 0 Å². The molecule has 18 heavy (non-hydrogen) atoms. The fourth-order valence-corrected chi connectivity index (χ4v) is 2.15. The maximum atomic E-state index is 11.7. The van der Waals surface area contributed by atoms with Gasteiger partial charge in [0.05, 0.1) is 4.88 Å². The summed E-state index contributed by atoms with van der Waals surface area (Å²) in [6.45, 7) is 1.90. The molecule has 0 radical (unpaired) electrons. The number of benzene rings is 1. The number of hydrogen-bond acceptors (Lipinski definition) is 3. The highest BCUT2D eigenvalue weighted by Crippen LogP contribution is 2.07. The molecule has 92 valence electrons. The minimum absolute atomic E-state index is 0.155. The van der Waals surface area contributed by atoms with Crippen LogP contribution in [0.4, 0.5) is 0 Å². The van der Waals surface area contributed by atoms with Gasteiger partial charge in [0.2, 0.25) is 0 Å². The molecular weight excluding hydrogens is 244 g/mol. The van der Waals surface area contributed by atoms with Gasteiger partial charge in [-0.3, -0.25) is 4.79 Å². The number of carbonyl (C=O) groups is 1. The average molecular weight is 258 g/mol. The summed E-state index contributed by atoms with van der Waals surface area (Å²) >= 11 is 1.41. The number of carbonyl (C=O) groups excluding carboxylic acids is 1. The van der Waals surface area contributed by atoms with Crippen molar-refractivity contribution in [2.75, 3.05) is 0 Å². The van der Waals surface area contributed by atoms with E-state index in [1.807, 2.05) is 48.7 Å². The Labute approximate surface area is 110 Å². The zero-order chi connectivity index (χ0) is 12.8. The molecule has 2 aromatic rings. The standard InChI is InChI=1S/C14H14N2OS/c1-11(10-12-6-3-2-4-7-12)15-16-14(17)13-8-5-9-18-13/h2-9H,10H2,1H3,(H,16,17)/b15-11-. The predicted octanol–water partition coefficient (Wildman–Crippen LogP) is 3.10. The first-order valence-electron chi connectivity index (χ1n) is 5.66. The van der Waals surface area contributed by atoms with Crippen molar-refractivity contribution in [3.8, 4) is 0 Å². The molecule has 1 heterocycles. The predicted molar refractivity (Wildman–Crippen MR) is 75.0 cm³/mol. The average Bonchev–Trinajstić information content (AvgIpc) is 2.91. The highest BCUT2D eigenvalue weighted by atomic mass is 32.1. The van der Waals surface area contributed by atoms with Gasteiger partial charge in [0, 0.05) is 12.1 Å². The number of amides is 1. The zero-order valence-corrected chi connectivity index (χ0v) is 10.9. The van der Waals surface area contributed by atoms with E-state index in [1.165, 1.54) is 16.9 Å². The maximum absolute atomic E-state index is 11.7. The molecule has 0 bridgehead atoms. The molecule has 0 atom stereocenters. The van der Waals surface area contributed by atoms with Crippen molar-refractivity contribution in [3.63, 3.8) is 0 Å². The van der Waals surface area contributed by atoms with E-state index in [4.69, 9.17) is 0 Å². The van der Waals surface area contributed by atoms with Gasteiger partial charge in [-0.05, 0) is 23.9 Å². The highest BCUT2D eigenvalue weighted by molar-refractivity contribution is 7.12. The first-order chi connectivity index (χ1) is 8.75. The Balaban J connectivity index is 1.92. The van der Waals surface area contributed by atoms with Gasteiger partial charge < -0.3 is 0 Å². The summed E-state index contributed by atoms with van der Waals surface area (Å²) in [6, 6.07) is 13.7. The Morgan fingerprint density at radius 1 is 1.22 bits per heavy atom. The van der Waals surface area contributed by atoms with E-state index in [1.54, 1.807) is 6.07 Å². The molecular formula is C14H14N2OS. The van der Waals surface area contributed by atoms with Gasteiger partial charge in [0.1, 0.15) is 0 Å². The third-order valence-electron chi connectivity index (χ3n) is 2.40. The largest absolute Gasteiger partial charge is 0.281 e. The Hall–Kier alpha value is -1.94. The van der Waals surface area contributed by atoms with Gasteiger partial charge in [0.25, 0.3) is 5.91 Å². The second kappa shape index (κ2) is 6.12. The molecule has 0 aliphatic carbocycles. The second-order valence-corrected chi connectivity index (χ2v) is 4.88. The van der Waals surface area contributed by atoms with Crippen LogP contribution >= 0.6 is 11.3 Å². The van der Waals surface area contributed by atoms with Gasteiger partial charge in [-0.25, -0.2) is 5.43 Å². The smallest absolute Gasteiger partial charge is 0.266 e. The molecule has 1 aromatic heterocycles. The molecule has 1 amide bonds. The summed E-state index contributed by atoms with van der Waals surface area (Å²) in [7, 11) is 0. The van der Waals surface area contributed by atoms with Crippen LogP contribution in [0.5, 0.6) is 0 Å². The van der Waals surface area contributed by atoms with Crippen molar-refractivity contribution in [2.45, 2.75) is 13.3 Å². The number of hydrazone groups is 1. The van der Waals surface area contributed by atoms with Crippen LogP contribution < -0.4 is 5.43 Å². The first-order valence-corrected chi connectivity index (χ1v) is 6.54. The second-order valence-electron chi connectivity index (χ2n) is 3.93. The van der Waals surface area contributed by atoms with E-state index in [0.717, 1.165) is 12.1 Å². The lowest BCUT2D eigenvalue weighted by atomic mass is 10.1. The molecule has 0 saturated carbocycles. The zero-order valence-electron chi connectivity index (χ0n) is 10.1. The molecule has 3 nitrogen and oxygen atoms in total. The maximum Gasteiger partial charge on any atom is 0.281 e. The molecule has 0 saturated heterocycles. The number of hydrogen-bond donors (Lipinski definition) is 1. The quantitative estimate of drug-likeness (QED) is 0.664. The lowest BCUT2D eigenvalue weighted by molar-refractivity contribution is 0.0959. The molecule has 4 heteroatoms. The van der Waals surface area contributed by atoms with Gasteiger partial charge >= 0.3 is 0 Å². The number of nitrogens with one attached hydrogen (secondary N) is 1. The lowest BCUT2D eigenvalue weighted by Crippen LogP contribution is -2.18. The fourth-order valence-electron chi connectivity index (χ4n) is 1.54. The molecule has 1 N–H and O–H groups in total. The van der Waals surface area contributed by atoms with Crippen molar-refractivity contribution in [2.24, 2.45) is 5.10 Å². The van der Waals surface area contributed by atoms with Crippen molar-refractivity contribution in [1.29, 1.82) is 0 Å². The summed E-state index contributed by atoms with van der Waals surface area (Å²) in [6.07, 6.45) is 0.742. The van der Waals surface area contributed by atoms with Crippen LogP contribution in [0, 0.1) is 0 Å². The lowest BCUT2D eigenvalue weighted by Gasteiger charge is -2.01. The third-order valence-corrected chi connectivity index (χ3v) is 3.26. The SMILES string of the molecule is C/C(Cc1ccccc1)=N/NC(=O)c1cccs1. The summed E-state index contributed by atoms with van der Waals surface area (Å²) in [5.74, 6) is -0.155. The van der Waals surface area contributed by atoms with Gasteiger partial charge in [-0.2, -0.15) is 5.10 Å². The van der Waals surface area contributed by atoms with Crippen LogP contribution in [0.2, 0.25) is 0 Å². The Morgan fingerprint density at radius 2 is 2.00 bits per heavy atom. The Bertz CT molecular complexity index is 532. The van der Waals surface area contributed by atoms with Crippen molar-refractivity contribution >= 4 is 23.0 Å². The summed E-state index contributed by atoms with van der Waals surface area (Å²) in [4.78, 5) is 12.3. The molecule has 1 aromatic carbocycles. The Morgan fingerprint density at radius 3 is 2.67 bits per heavy atom. The first kappa shape index (κ1) is 12.5. The molecule has 0 aliphatic heterocycles. The molecule has 0 spiro atoms. The normalized spacial score (nSPS) is 11.3. The topological polar surface area (TPSA) is 41.5 Å². The van der Waals surface area contributed by atoms with Crippen LogP contribution in [0.15, 0.2) is 52.9 Å². The number of rotatable bonds is 4. The van der Waals surface area contributed by atoms with Crippen LogP contribution in [0.1, 0.15) is 22.2 Å². The van der Waals surface area contributed by atoms with E-state index < -0.39 is 0 Å². The van der Waals surface area contributed by atoms with E-state index in [0.29, 0.717) is 4.88 Å². The van der Waals surface area contributed by atoms with Gasteiger partial charge in [0.15, 0.2) is 0 Å². The molecule has 0 aliphatic rings. The van der Waals surface area contributed by atoms with Crippen LogP contribution in [-0.4, -0.2) is 11.6 Å². The number of nitrogens with zero attached hydrogens (tertiary/aromatic N) is 1. The summed E-state index contributed by atoms with van der Waals surface area (Å²) in [5, 5.41) is 5.97. The monoisotopic (exact) mass is 258 g/mol. The Kier molecular flexibility index (Phi) is 4.25. The highest BCUT2D eigenvalue weighted by Gasteiger charge is 2.04. The molecule has 0 unspecified atom stereocenters. The minimum Gasteiger partial charge on any atom is -0.266 e. The number of thiophene rings is 1.